The molecule has 3 amide bonds. The van der Waals surface area contributed by atoms with Crippen LogP contribution in [0.4, 0.5) is 16.7 Å². The summed E-state index contributed by atoms with van der Waals surface area (Å²) in [5, 5.41) is 16.6. The van der Waals surface area contributed by atoms with Gasteiger partial charge in [0.05, 0.1) is 23.0 Å². The summed E-state index contributed by atoms with van der Waals surface area (Å²) >= 11 is 1.62. The number of amides is 3. The number of hydrogen-bond acceptors (Lipinski definition) is 9. The summed E-state index contributed by atoms with van der Waals surface area (Å²) in [4.78, 5) is 37.2. The van der Waals surface area contributed by atoms with Gasteiger partial charge in [-0.25, -0.2) is 9.78 Å². The molecule has 0 atom stereocenters. The number of aromatic nitrogens is 5. The highest BCUT2D eigenvalue weighted by atomic mass is 32.1. The van der Waals surface area contributed by atoms with Crippen molar-refractivity contribution in [3.8, 4) is 0 Å². The van der Waals surface area contributed by atoms with Crippen LogP contribution in [0.5, 0.6) is 0 Å². The van der Waals surface area contributed by atoms with Gasteiger partial charge in [0.15, 0.2) is 5.65 Å². The number of imide groups is 1. The monoisotopic (exact) mass is 447 g/mol. The molecule has 0 bridgehead atoms. The van der Waals surface area contributed by atoms with Crippen molar-refractivity contribution >= 4 is 57.1 Å². The molecule has 0 unspecified atom stereocenters. The highest BCUT2D eigenvalue weighted by Crippen LogP contribution is 2.26. The number of carbonyl (C=O) groups is 2. The molecular weight excluding hydrogens is 430 g/mol. The zero-order valence-corrected chi connectivity index (χ0v) is 17.4. The first kappa shape index (κ1) is 18.7. The van der Waals surface area contributed by atoms with Crippen LogP contribution in [0.25, 0.3) is 21.9 Å². The van der Waals surface area contributed by atoms with Crippen molar-refractivity contribution in [3.05, 3.63) is 46.7 Å². The van der Waals surface area contributed by atoms with Gasteiger partial charge in [-0.05, 0) is 31.1 Å². The van der Waals surface area contributed by atoms with Crippen LogP contribution in [0.3, 0.4) is 0 Å². The van der Waals surface area contributed by atoms with Gasteiger partial charge in [-0.15, -0.1) is 11.3 Å². The fourth-order valence-corrected chi connectivity index (χ4v) is 4.27. The van der Waals surface area contributed by atoms with E-state index in [1.165, 1.54) is 0 Å². The Bertz CT molecular complexity index is 1390. The molecule has 1 saturated carbocycles. The second-order valence-corrected chi connectivity index (χ2v) is 8.64. The second-order valence-electron chi connectivity index (χ2n) is 7.52. The zero-order valence-electron chi connectivity index (χ0n) is 16.6. The van der Waals surface area contributed by atoms with E-state index in [1.807, 2.05) is 24.3 Å². The van der Waals surface area contributed by atoms with Crippen LogP contribution in [0.1, 0.15) is 23.4 Å². The molecule has 4 aromatic rings. The lowest BCUT2D eigenvalue weighted by Gasteiger charge is -2.09. The van der Waals surface area contributed by atoms with Gasteiger partial charge in [-0.3, -0.25) is 10.1 Å². The molecule has 0 spiro atoms. The van der Waals surface area contributed by atoms with Gasteiger partial charge in [-0.2, -0.15) is 19.6 Å². The van der Waals surface area contributed by atoms with Crippen molar-refractivity contribution in [1.29, 1.82) is 0 Å². The largest absolute Gasteiger partial charge is 0.351 e. The summed E-state index contributed by atoms with van der Waals surface area (Å²) in [6, 6.07) is 7.79. The summed E-state index contributed by atoms with van der Waals surface area (Å²) in [7, 11) is 0. The number of anilines is 2. The molecule has 32 heavy (non-hydrogen) atoms. The number of fused-ring (bicyclic) bond motifs is 2. The minimum atomic E-state index is -0.554. The van der Waals surface area contributed by atoms with E-state index in [0.717, 1.165) is 28.1 Å². The molecule has 4 N–H and O–H groups in total. The van der Waals surface area contributed by atoms with E-state index in [0.29, 0.717) is 35.7 Å². The number of thiazole rings is 1. The molecule has 1 aliphatic heterocycles. The van der Waals surface area contributed by atoms with Crippen molar-refractivity contribution in [2.75, 3.05) is 10.6 Å². The Hall–Kier alpha value is -4.06. The van der Waals surface area contributed by atoms with Crippen LogP contribution in [-0.2, 0) is 11.3 Å². The lowest BCUT2D eigenvalue weighted by molar-refractivity contribution is -0.115. The molecule has 1 saturated heterocycles. The highest BCUT2D eigenvalue weighted by molar-refractivity contribution is 7.18. The zero-order chi connectivity index (χ0) is 21.7. The second kappa shape index (κ2) is 7.27. The standard InChI is InChI=1S/C20H17N9O2S/c30-17-13(25-20(31)27-17)7-10-8-22-29-16(10)26-18(28-19(29)23-11-5-6-11)21-9-15-24-12-3-1-2-4-14(12)32-15/h1-4,7-8,11H,5-6,9H2,(H2,21,23,26,28)(H2,25,27,30,31)/b13-7-. The summed E-state index contributed by atoms with van der Waals surface area (Å²) < 4.78 is 2.72. The third-order valence-electron chi connectivity index (χ3n) is 5.06. The minimum absolute atomic E-state index is 0.143. The van der Waals surface area contributed by atoms with E-state index in [4.69, 9.17) is 0 Å². The lowest BCUT2D eigenvalue weighted by Crippen LogP contribution is -2.22. The Morgan fingerprint density at radius 1 is 1.16 bits per heavy atom. The van der Waals surface area contributed by atoms with Crippen molar-refractivity contribution in [2.45, 2.75) is 25.4 Å². The van der Waals surface area contributed by atoms with E-state index >= 15 is 0 Å². The first-order valence-corrected chi connectivity index (χ1v) is 10.9. The van der Waals surface area contributed by atoms with Crippen molar-refractivity contribution in [3.63, 3.8) is 0 Å². The SMILES string of the molecule is O=C1NC(=O)/C(=C/c2cnn3c(NC4CC4)nc(NCc4nc5ccccc5s4)nc23)N1. The lowest BCUT2D eigenvalue weighted by atomic mass is 10.2. The predicted octanol–water partition coefficient (Wildman–Crippen LogP) is 2.10. The number of hydrogen-bond donors (Lipinski definition) is 4. The summed E-state index contributed by atoms with van der Waals surface area (Å²) in [5.74, 6) is 0.489. The average molecular weight is 447 g/mol. The Labute approximate surface area is 185 Å². The molecule has 1 aliphatic carbocycles. The number of rotatable bonds is 6. The molecular formula is C20H17N9O2S. The van der Waals surface area contributed by atoms with E-state index in [2.05, 4.69) is 41.3 Å². The Kier molecular flexibility index (Phi) is 4.24. The van der Waals surface area contributed by atoms with Gasteiger partial charge >= 0.3 is 6.03 Å². The van der Waals surface area contributed by atoms with Gasteiger partial charge in [-0.1, -0.05) is 12.1 Å². The van der Waals surface area contributed by atoms with Gasteiger partial charge in [0.2, 0.25) is 11.9 Å². The van der Waals surface area contributed by atoms with Crippen molar-refractivity contribution in [1.82, 2.24) is 35.2 Å². The van der Waals surface area contributed by atoms with E-state index < -0.39 is 11.9 Å². The number of benzene rings is 1. The van der Waals surface area contributed by atoms with Crippen LogP contribution >= 0.6 is 11.3 Å². The van der Waals surface area contributed by atoms with Crippen LogP contribution < -0.4 is 21.3 Å². The molecule has 6 rings (SSSR count). The number of urea groups is 1. The smallest absolute Gasteiger partial charge is 0.326 e. The Morgan fingerprint density at radius 3 is 2.81 bits per heavy atom. The van der Waals surface area contributed by atoms with E-state index in [9.17, 15) is 9.59 Å². The summed E-state index contributed by atoms with van der Waals surface area (Å²) in [6.07, 6.45) is 5.28. The van der Waals surface area contributed by atoms with Gasteiger partial charge in [0, 0.05) is 11.6 Å². The maximum Gasteiger partial charge on any atom is 0.326 e. The molecule has 3 aromatic heterocycles. The number of carbonyl (C=O) groups excluding carboxylic acids is 2. The Balaban J connectivity index is 1.34. The maximum absolute atomic E-state index is 11.9. The third-order valence-corrected chi connectivity index (χ3v) is 6.10. The first-order chi connectivity index (χ1) is 15.6. The van der Waals surface area contributed by atoms with E-state index in [-0.39, 0.29) is 5.70 Å². The highest BCUT2D eigenvalue weighted by Gasteiger charge is 2.26. The average Bonchev–Trinajstić information content (AvgIpc) is 3.21. The number of nitrogens with one attached hydrogen (secondary N) is 4. The van der Waals surface area contributed by atoms with Crippen molar-refractivity contribution < 1.29 is 9.59 Å². The van der Waals surface area contributed by atoms with Crippen LogP contribution in [0.2, 0.25) is 0 Å². The quantitative estimate of drug-likeness (QED) is 0.260. The normalized spacial score (nSPS) is 17.2. The maximum atomic E-state index is 11.9. The molecule has 160 valence electrons. The van der Waals surface area contributed by atoms with Crippen LogP contribution in [0.15, 0.2) is 36.2 Å². The fourth-order valence-electron chi connectivity index (χ4n) is 3.37. The fraction of sp³-hybridized carbons (Fsp3) is 0.200. The molecule has 1 aromatic carbocycles. The molecule has 4 heterocycles. The third kappa shape index (κ3) is 3.50. The van der Waals surface area contributed by atoms with E-state index in [1.54, 1.807) is 28.1 Å². The molecule has 2 aliphatic rings. The Morgan fingerprint density at radius 2 is 2.03 bits per heavy atom. The summed E-state index contributed by atoms with van der Waals surface area (Å²) in [6.45, 7) is 0.474. The van der Waals surface area contributed by atoms with Gasteiger partial charge in [0.1, 0.15) is 10.7 Å². The molecule has 0 radical (unpaired) electrons. The van der Waals surface area contributed by atoms with Crippen molar-refractivity contribution in [2.24, 2.45) is 0 Å². The molecule has 12 heteroatoms. The molecule has 11 nitrogen and oxygen atoms in total. The topological polar surface area (TPSA) is 138 Å². The van der Waals surface area contributed by atoms with Gasteiger partial charge in [0.25, 0.3) is 5.91 Å². The van der Waals surface area contributed by atoms with Crippen LogP contribution in [0, 0.1) is 0 Å². The minimum Gasteiger partial charge on any atom is -0.351 e. The molecule has 2 fully saturated rings. The number of para-hydroxylation sites is 1. The predicted molar refractivity (Wildman–Crippen MR) is 119 cm³/mol. The van der Waals surface area contributed by atoms with Crippen LogP contribution in [-0.4, -0.2) is 42.5 Å². The van der Waals surface area contributed by atoms with Gasteiger partial charge < -0.3 is 16.0 Å². The summed E-state index contributed by atoms with van der Waals surface area (Å²) in [5.41, 5.74) is 2.20. The number of nitrogens with zero attached hydrogens (tertiary/aromatic N) is 5. The first-order valence-electron chi connectivity index (χ1n) is 10.1.